The summed E-state index contributed by atoms with van der Waals surface area (Å²) in [5, 5.41) is 0. The number of hydrogen-bond acceptors (Lipinski definition) is 2. The van der Waals surface area contributed by atoms with E-state index in [1.54, 1.807) is 6.21 Å². The lowest BCUT2D eigenvalue weighted by molar-refractivity contribution is -0.138. The zero-order chi connectivity index (χ0) is 15.9. The van der Waals surface area contributed by atoms with Gasteiger partial charge in [0, 0.05) is 13.0 Å². The van der Waals surface area contributed by atoms with E-state index in [0.717, 1.165) is 6.07 Å². The molecule has 22 heavy (non-hydrogen) atoms. The van der Waals surface area contributed by atoms with Gasteiger partial charge in [-0.15, -0.1) is 0 Å². The fraction of sp³-hybridized carbons (Fsp3) is 0.286. The van der Waals surface area contributed by atoms with Crippen molar-refractivity contribution in [3.63, 3.8) is 0 Å². The summed E-state index contributed by atoms with van der Waals surface area (Å²) < 4.78 is 54.9. The van der Waals surface area contributed by atoms with E-state index < -0.39 is 17.6 Å². The van der Waals surface area contributed by atoms with Crippen LogP contribution in [0.3, 0.4) is 0 Å². The van der Waals surface area contributed by atoms with Crippen molar-refractivity contribution >= 4 is 28.8 Å². The second kappa shape index (κ2) is 5.64. The lowest BCUT2D eigenvalue weighted by atomic mass is 10.0. The summed E-state index contributed by atoms with van der Waals surface area (Å²) in [6, 6.07) is 2.77. The molecule has 2 aromatic rings. The molecular formula is C14H10F4IN3. The van der Waals surface area contributed by atoms with Gasteiger partial charge in [0.1, 0.15) is 9.52 Å². The van der Waals surface area contributed by atoms with Crippen molar-refractivity contribution in [1.29, 1.82) is 0 Å². The number of fused-ring (bicyclic) bond motifs is 1. The highest BCUT2D eigenvalue weighted by Crippen LogP contribution is 2.34. The van der Waals surface area contributed by atoms with E-state index in [4.69, 9.17) is 0 Å². The Kier molecular flexibility index (Phi) is 3.96. The Balaban J connectivity index is 2.05. The highest BCUT2D eigenvalue weighted by Gasteiger charge is 2.34. The number of aromatic nitrogens is 2. The third-order valence-electron chi connectivity index (χ3n) is 3.45. The molecule has 3 nitrogen and oxygen atoms in total. The first-order valence-corrected chi connectivity index (χ1v) is 7.54. The minimum Gasteiger partial charge on any atom is -0.324 e. The average molecular weight is 423 g/mol. The lowest BCUT2D eigenvalue weighted by Crippen LogP contribution is -2.16. The first-order chi connectivity index (χ1) is 10.4. The molecule has 0 fully saturated rings. The number of halogens is 5. The monoisotopic (exact) mass is 423 g/mol. The Morgan fingerprint density at radius 1 is 1.27 bits per heavy atom. The summed E-state index contributed by atoms with van der Waals surface area (Å²) >= 11 is 2.00. The number of benzene rings is 1. The van der Waals surface area contributed by atoms with Crippen molar-refractivity contribution in [2.24, 2.45) is 4.99 Å². The Labute approximate surface area is 137 Å². The highest BCUT2D eigenvalue weighted by atomic mass is 127. The van der Waals surface area contributed by atoms with Gasteiger partial charge in [-0.1, -0.05) is 6.07 Å². The molecule has 0 radical (unpaired) electrons. The molecule has 0 N–H and O–H groups in total. The van der Waals surface area contributed by atoms with E-state index in [9.17, 15) is 17.6 Å². The molecule has 2 heterocycles. The third kappa shape index (κ3) is 2.88. The van der Waals surface area contributed by atoms with E-state index in [0.29, 0.717) is 34.4 Å². The minimum atomic E-state index is -4.59. The van der Waals surface area contributed by atoms with Crippen molar-refractivity contribution < 1.29 is 17.6 Å². The van der Waals surface area contributed by atoms with Crippen molar-refractivity contribution in [3.05, 3.63) is 50.4 Å². The summed E-state index contributed by atoms with van der Waals surface area (Å²) in [5.74, 6) is -0.255. The van der Waals surface area contributed by atoms with Gasteiger partial charge < -0.3 is 4.57 Å². The molecule has 8 heteroatoms. The summed E-state index contributed by atoms with van der Waals surface area (Å²) in [7, 11) is 0. The van der Waals surface area contributed by atoms with Crippen LogP contribution in [0.25, 0.3) is 0 Å². The maximum absolute atomic E-state index is 13.2. The molecule has 0 saturated heterocycles. The van der Waals surface area contributed by atoms with Gasteiger partial charge in [0.2, 0.25) is 0 Å². The van der Waals surface area contributed by atoms with Gasteiger partial charge in [-0.2, -0.15) is 13.2 Å². The zero-order valence-electron chi connectivity index (χ0n) is 11.2. The van der Waals surface area contributed by atoms with Gasteiger partial charge in [0.15, 0.2) is 5.82 Å². The Hall–Kier alpha value is -1.45. The van der Waals surface area contributed by atoms with Crippen LogP contribution in [0.5, 0.6) is 0 Å². The van der Waals surface area contributed by atoms with Crippen LogP contribution >= 0.6 is 22.6 Å². The van der Waals surface area contributed by atoms with E-state index in [-0.39, 0.29) is 12.0 Å². The number of hydrogen-bond donors (Lipinski definition) is 0. The molecule has 0 unspecified atom stereocenters. The molecule has 0 aliphatic carbocycles. The van der Waals surface area contributed by atoms with Crippen molar-refractivity contribution in [3.8, 4) is 0 Å². The largest absolute Gasteiger partial charge is 0.416 e. The minimum absolute atomic E-state index is 0.0389. The summed E-state index contributed by atoms with van der Waals surface area (Å²) in [6.07, 6.45) is -2.92. The molecule has 1 aromatic heterocycles. The first-order valence-electron chi connectivity index (χ1n) is 6.46. The van der Waals surface area contributed by atoms with Gasteiger partial charge in [0.25, 0.3) is 0 Å². The SMILES string of the molecule is Fc1ccc(Cc2c(I)nc3n2CCN=C3)c(C(F)(F)F)c1. The van der Waals surface area contributed by atoms with Crippen LogP contribution in [-0.4, -0.2) is 22.3 Å². The van der Waals surface area contributed by atoms with Crippen molar-refractivity contribution in [2.75, 3.05) is 6.54 Å². The van der Waals surface area contributed by atoms with Gasteiger partial charge in [-0.3, -0.25) is 4.99 Å². The van der Waals surface area contributed by atoms with Crippen LogP contribution in [-0.2, 0) is 19.1 Å². The van der Waals surface area contributed by atoms with Gasteiger partial charge in [0.05, 0.1) is 24.0 Å². The van der Waals surface area contributed by atoms with Gasteiger partial charge in [-0.05, 0) is 40.3 Å². The molecule has 1 aliphatic rings. The predicted molar refractivity (Wildman–Crippen MR) is 81.6 cm³/mol. The quantitative estimate of drug-likeness (QED) is 0.536. The molecule has 0 spiro atoms. The summed E-state index contributed by atoms with van der Waals surface area (Å²) in [4.78, 5) is 8.41. The van der Waals surface area contributed by atoms with Crippen LogP contribution < -0.4 is 0 Å². The summed E-state index contributed by atoms with van der Waals surface area (Å²) in [6.45, 7) is 1.15. The lowest BCUT2D eigenvalue weighted by Gasteiger charge is -2.15. The Morgan fingerprint density at radius 3 is 2.77 bits per heavy atom. The van der Waals surface area contributed by atoms with E-state index >= 15 is 0 Å². The summed E-state index contributed by atoms with van der Waals surface area (Å²) in [5.41, 5.74) is -0.209. The number of aliphatic imine (C=N–C) groups is 1. The number of alkyl halides is 3. The second-order valence-electron chi connectivity index (χ2n) is 4.87. The highest BCUT2D eigenvalue weighted by molar-refractivity contribution is 14.1. The number of imidazole rings is 1. The Bertz CT molecular complexity index is 749. The van der Waals surface area contributed by atoms with Crippen LogP contribution in [0.1, 0.15) is 22.6 Å². The molecule has 0 atom stereocenters. The average Bonchev–Trinajstić information content (AvgIpc) is 2.76. The van der Waals surface area contributed by atoms with E-state index in [1.807, 2.05) is 27.2 Å². The van der Waals surface area contributed by atoms with Gasteiger partial charge in [-0.25, -0.2) is 9.37 Å². The third-order valence-corrected chi connectivity index (χ3v) is 4.31. The van der Waals surface area contributed by atoms with Crippen LogP contribution in [0.2, 0.25) is 0 Å². The fourth-order valence-corrected chi connectivity index (χ4v) is 3.17. The van der Waals surface area contributed by atoms with E-state index in [1.165, 1.54) is 6.07 Å². The smallest absolute Gasteiger partial charge is 0.324 e. The predicted octanol–water partition coefficient (Wildman–Crippen LogP) is 3.67. The van der Waals surface area contributed by atoms with Crippen LogP contribution in [0.4, 0.5) is 17.6 Å². The zero-order valence-corrected chi connectivity index (χ0v) is 13.3. The maximum Gasteiger partial charge on any atom is 0.416 e. The van der Waals surface area contributed by atoms with E-state index in [2.05, 4.69) is 9.98 Å². The molecule has 0 saturated carbocycles. The normalized spacial score (nSPS) is 14.2. The molecule has 116 valence electrons. The van der Waals surface area contributed by atoms with Crippen LogP contribution in [0.15, 0.2) is 23.2 Å². The fourth-order valence-electron chi connectivity index (χ4n) is 2.44. The molecule has 0 amide bonds. The maximum atomic E-state index is 13.2. The van der Waals surface area contributed by atoms with Crippen LogP contribution in [0, 0.1) is 9.52 Å². The molecule has 1 aliphatic heterocycles. The van der Waals surface area contributed by atoms with Crippen molar-refractivity contribution in [1.82, 2.24) is 9.55 Å². The topological polar surface area (TPSA) is 30.2 Å². The Morgan fingerprint density at radius 2 is 2.05 bits per heavy atom. The molecular weight excluding hydrogens is 413 g/mol. The molecule has 1 aromatic carbocycles. The first kappa shape index (κ1) is 15.4. The standard InChI is InChI=1S/C14H10F4IN3/c15-9-2-1-8(10(6-9)14(16,17)18)5-11-13(19)21-12-7-20-3-4-22(11)12/h1-2,6-7H,3-5H2. The van der Waals surface area contributed by atoms with Gasteiger partial charge >= 0.3 is 6.18 Å². The molecule has 0 bridgehead atoms. The number of nitrogens with zero attached hydrogens (tertiary/aromatic N) is 3. The molecule has 3 rings (SSSR count). The van der Waals surface area contributed by atoms with Crippen molar-refractivity contribution in [2.45, 2.75) is 19.1 Å². The number of rotatable bonds is 2. The second-order valence-corrected chi connectivity index (χ2v) is 5.89.